The van der Waals surface area contributed by atoms with E-state index in [2.05, 4.69) is 24.1 Å². The lowest BCUT2D eigenvalue weighted by Gasteiger charge is -2.33. The van der Waals surface area contributed by atoms with Crippen molar-refractivity contribution in [3.8, 4) is 0 Å². The Hall–Kier alpha value is -0.0800. The van der Waals surface area contributed by atoms with Gasteiger partial charge in [0.15, 0.2) is 0 Å². The Balaban J connectivity index is 2.05. The van der Waals surface area contributed by atoms with E-state index in [1.165, 1.54) is 58.3 Å². The van der Waals surface area contributed by atoms with Gasteiger partial charge in [-0.2, -0.15) is 0 Å². The molecule has 1 aliphatic heterocycles. The van der Waals surface area contributed by atoms with Crippen LogP contribution < -0.4 is 5.32 Å². The summed E-state index contributed by atoms with van der Waals surface area (Å²) >= 11 is 0. The standard InChI is InChI=1S/C12H26N2/c1-3-5-6-7-9-14-10-8-13-12(4-2)11-14/h12-13H,3-11H2,1-2H3. The summed E-state index contributed by atoms with van der Waals surface area (Å²) in [5, 5.41) is 3.56. The van der Waals surface area contributed by atoms with E-state index in [9.17, 15) is 0 Å². The molecule has 1 fully saturated rings. The van der Waals surface area contributed by atoms with E-state index in [4.69, 9.17) is 0 Å². The molecule has 84 valence electrons. The molecule has 0 spiro atoms. The van der Waals surface area contributed by atoms with Crippen molar-refractivity contribution in [2.45, 2.75) is 52.0 Å². The first-order chi connectivity index (χ1) is 6.86. The molecule has 0 aliphatic carbocycles. The van der Waals surface area contributed by atoms with Crippen LogP contribution in [0.3, 0.4) is 0 Å². The van der Waals surface area contributed by atoms with Crippen LogP contribution in [0.5, 0.6) is 0 Å². The van der Waals surface area contributed by atoms with Crippen LogP contribution >= 0.6 is 0 Å². The Kier molecular flexibility index (Phi) is 6.20. The van der Waals surface area contributed by atoms with Gasteiger partial charge in [-0.25, -0.2) is 0 Å². The highest BCUT2D eigenvalue weighted by Crippen LogP contribution is 2.05. The summed E-state index contributed by atoms with van der Waals surface area (Å²) in [5.41, 5.74) is 0. The van der Waals surface area contributed by atoms with Gasteiger partial charge in [-0.15, -0.1) is 0 Å². The first kappa shape index (κ1) is 12.0. The fraction of sp³-hybridized carbons (Fsp3) is 1.00. The van der Waals surface area contributed by atoms with Gasteiger partial charge in [0.05, 0.1) is 0 Å². The lowest BCUT2D eigenvalue weighted by molar-refractivity contribution is 0.193. The van der Waals surface area contributed by atoms with Gasteiger partial charge in [0, 0.05) is 25.7 Å². The van der Waals surface area contributed by atoms with Gasteiger partial charge in [0.1, 0.15) is 0 Å². The van der Waals surface area contributed by atoms with Crippen LogP contribution in [0, 0.1) is 0 Å². The zero-order chi connectivity index (χ0) is 10.2. The lowest BCUT2D eigenvalue weighted by Crippen LogP contribution is -2.50. The maximum absolute atomic E-state index is 3.56. The van der Waals surface area contributed by atoms with Crippen molar-refractivity contribution in [2.75, 3.05) is 26.2 Å². The molecule has 0 amide bonds. The van der Waals surface area contributed by atoms with Gasteiger partial charge < -0.3 is 10.2 Å². The highest BCUT2D eigenvalue weighted by Gasteiger charge is 2.16. The van der Waals surface area contributed by atoms with Crippen molar-refractivity contribution in [1.29, 1.82) is 0 Å². The molecule has 2 nitrogen and oxygen atoms in total. The van der Waals surface area contributed by atoms with Crippen LogP contribution in [0.2, 0.25) is 0 Å². The number of hydrogen-bond donors (Lipinski definition) is 1. The second-order valence-electron chi connectivity index (χ2n) is 4.42. The van der Waals surface area contributed by atoms with Gasteiger partial charge in [-0.1, -0.05) is 33.1 Å². The molecule has 1 unspecified atom stereocenters. The minimum absolute atomic E-state index is 0.745. The molecule has 1 rings (SSSR count). The van der Waals surface area contributed by atoms with Crippen LogP contribution in [-0.2, 0) is 0 Å². The fourth-order valence-electron chi connectivity index (χ4n) is 2.13. The molecule has 1 heterocycles. The van der Waals surface area contributed by atoms with Gasteiger partial charge >= 0.3 is 0 Å². The van der Waals surface area contributed by atoms with E-state index < -0.39 is 0 Å². The number of rotatable bonds is 6. The maximum Gasteiger partial charge on any atom is 0.0192 e. The molecule has 0 bridgehead atoms. The van der Waals surface area contributed by atoms with E-state index in [0.29, 0.717) is 0 Å². The van der Waals surface area contributed by atoms with Gasteiger partial charge in [0.2, 0.25) is 0 Å². The summed E-state index contributed by atoms with van der Waals surface area (Å²) in [6.45, 7) is 9.58. The summed E-state index contributed by atoms with van der Waals surface area (Å²) in [5.74, 6) is 0. The molecule has 0 aromatic rings. The highest BCUT2D eigenvalue weighted by molar-refractivity contribution is 4.77. The SMILES string of the molecule is CCCCCCN1CCNC(CC)C1. The normalized spacial score (nSPS) is 24.0. The first-order valence-electron chi connectivity index (χ1n) is 6.32. The van der Waals surface area contributed by atoms with Crippen molar-refractivity contribution >= 4 is 0 Å². The molecule has 0 aromatic carbocycles. The topological polar surface area (TPSA) is 15.3 Å². The summed E-state index contributed by atoms with van der Waals surface area (Å²) in [6, 6.07) is 0.745. The Morgan fingerprint density at radius 2 is 2.07 bits per heavy atom. The predicted octanol–water partition coefficient (Wildman–Crippen LogP) is 2.25. The van der Waals surface area contributed by atoms with Crippen LogP contribution in [0.1, 0.15) is 46.0 Å². The Labute approximate surface area is 89.1 Å². The fourth-order valence-corrected chi connectivity index (χ4v) is 2.13. The van der Waals surface area contributed by atoms with Crippen molar-refractivity contribution < 1.29 is 0 Å². The van der Waals surface area contributed by atoms with E-state index in [0.717, 1.165) is 6.04 Å². The minimum atomic E-state index is 0.745. The molecule has 2 heteroatoms. The third-order valence-electron chi connectivity index (χ3n) is 3.16. The number of unbranched alkanes of at least 4 members (excludes halogenated alkanes) is 3. The molecule has 1 saturated heterocycles. The smallest absolute Gasteiger partial charge is 0.0192 e. The lowest BCUT2D eigenvalue weighted by atomic mass is 10.1. The quantitative estimate of drug-likeness (QED) is 0.659. The number of nitrogens with zero attached hydrogens (tertiary/aromatic N) is 1. The molecule has 1 atom stereocenters. The zero-order valence-corrected chi connectivity index (χ0v) is 9.89. The maximum atomic E-state index is 3.56. The van der Waals surface area contributed by atoms with E-state index >= 15 is 0 Å². The average molecular weight is 198 g/mol. The summed E-state index contributed by atoms with van der Waals surface area (Å²) in [7, 11) is 0. The molecule has 1 aliphatic rings. The van der Waals surface area contributed by atoms with Gasteiger partial charge in [-0.3, -0.25) is 0 Å². The molecular weight excluding hydrogens is 172 g/mol. The molecular formula is C12H26N2. The molecule has 0 aromatic heterocycles. The van der Waals surface area contributed by atoms with Gasteiger partial charge in [-0.05, 0) is 19.4 Å². The monoisotopic (exact) mass is 198 g/mol. The summed E-state index contributed by atoms with van der Waals surface area (Å²) in [4.78, 5) is 2.63. The van der Waals surface area contributed by atoms with Crippen LogP contribution in [0.15, 0.2) is 0 Å². The second kappa shape index (κ2) is 7.24. The molecule has 0 saturated carbocycles. The largest absolute Gasteiger partial charge is 0.311 e. The van der Waals surface area contributed by atoms with Gasteiger partial charge in [0.25, 0.3) is 0 Å². The first-order valence-corrected chi connectivity index (χ1v) is 6.32. The molecule has 1 N–H and O–H groups in total. The van der Waals surface area contributed by atoms with Crippen molar-refractivity contribution in [3.05, 3.63) is 0 Å². The molecule has 14 heavy (non-hydrogen) atoms. The Bertz CT molecular complexity index is 136. The Morgan fingerprint density at radius 1 is 1.21 bits per heavy atom. The third kappa shape index (κ3) is 4.43. The van der Waals surface area contributed by atoms with Crippen molar-refractivity contribution in [3.63, 3.8) is 0 Å². The van der Waals surface area contributed by atoms with E-state index in [1.54, 1.807) is 0 Å². The van der Waals surface area contributed by atoms with Crippen LogP contribution in [0.25, 0.3) is 0 Å². The number of piperazine rings is 1. The zero-order valence-electron chi connectivity index (χ0n) is 9.89. The Morgan fingerprint density at radius 3 is 2.79 bits per heavy atom. The number of nitrogens with one attached hydrogen (secondary N) is 1. The third-order valence-corrected chi connectivity index (χ3v) is 3.16. The van der Waals surface area contributed by atoms with E-state index in [1.807, 2.05) is 0 Å². The predicted molar refractivity (Wildman–Crippen MR) is 62.7 cm³/mol. The van der Waals surface area contributed by atoms with Crippen molar-refractivity contribution in [2.24, 2.45) is 0 Å². The van der Waals surface area contributed by atoms with E-state index in [-0.39, 0.29) is 0 Å². The van der Waals surface area contributed by atoms with Crippen LogP contribution in [0.4, 0.5) is 0 Å². The van der Waals surface area contributed by atoms with Crippen molar-refractivity contribution in [1.82, 2.24) is 10.2 Å². The number of hydrogen-bond acceptors (Lipinski definition) is 2. The highest BCUT2D eigenvalue weighted by atomic mass is 15.2. The summed E-state index contributed by atoms with van der Waals surface area (Å²) in [6.07, 6.45) is 6.83. The summed E-state index contributed by atoms with van der Waals surface area (Å²) < 4.78 is 0. The average Bonchev–Trinajstić information content (AvgIpc) is 2.25. The van der Waals surface area contributed by atoms with Crippen LogP contribution in [-0.4, -0.2) is 37.1 Å². The molecule has 0 radical (unpaired) electrons. The minimum Gasteiger partial charge on any atom is -0.311 e. The second-order valence-corrected chi connectivity index (χ2v) is 4.42.